The van der Waals surface area contributed by atoms with Crippen molar-refractivity contribution < 1.29 is 17.2 Å². The number of nitrogens with two attached hydrogens (primary N) is 1. The molecule has 0 aliphatic heterocycles. The minimum absolute atomic E-state index is 0.254. The van der Waals surface area contributed by atoms with Crippen LogP contribution in [-0.2, 0) is 10.0 Å². The van der Waals surface area contributed by atoms with E-state index in [-0.39, 0.29) is 5.82 Å². The number of nitrogens with one attached hydrogen (secondary N) is 2. The van der Waals surface area contributed by atoms with Gasteiger partial charge in [0, 0.05) is 6.07 Å². The maximum Gasteiger partial charge on any atom is 0.244 e. The standard InChI is InChI=1S/C10H11F2N5O2S/c1-5(10-14-4-15-16-10)17-20(18,19)9-3-8(13)6(11)2-7(9)12/h2-5,17H,13H2,1H3,(H,14,15,16). The van der Waals surface area contributed by atoms with Gasteiger partial charge in [0.1, 0.15) is 28.7 Å². The first kappa shape index (κ1) is 14.3. The van der Waals surface area contributed by atoms with Gasteiger partial charge in [-0.25, -0.2) is 26.9 Å². The maximum absolute atomic E-state index is 13.6. The summed E-state index contributed by atoms with van der Waals surface area (Å²) in [5, 5.41) is 6.05. The zero-order valence-corrected chi connectivity index (χ0v) is 11.1. The molecule has 0 saturated heterocycles. The van der Waals surface area contributed by atoms with Crippen LogP contribution in [0, 0.1) is 11.6 Å². The first-order chi connectivity index (χ1) is 9.31. The van der Waals surface area contributed by atoms with Crippen LogP contribution in [0.2, 0.25) is 0 Å². The predicted molar refractivity (Wildman–Crippen MR) is 65.9 cm³/mol. The highest BCUT2D eigenvalue weighted by atomic mass is 32.2. The normalized spacial score (nSPS) is 13.3. The van der Waals surface area contributed by atoms with E-state index in [1.54, 1.807) is 0 Å². The third-order valence-corrected chi connectivity index (χ3v) is 4.07. The van der Waals surface area contributed by atoms with Crippen molar-refractivity contribution in [3.63, 3.8) is 0 Å². The molecule has 0 fully saturated rings. The van der Waals surface area contributed by atoms with Gasteiger partial charge < -0.3 is 5.73 Å². The van der Waals surface area contributed by atoms with Crippen LogP contribution in [0.4, 0.5) is 14.5 Å². The topological polar surface area (TPSA) is 114 Å². The molecule has 4 N–H and O–H groups in total. The van der Waals surface area contributed by atoms with E-state index in [1.165, 1.54) is 13.3 Å². The molecule has 108 valence electrons. The smallest absolute Gasteiger partial charge is 0.244 e. The second-order valence-corrected chi connectivity index (χ2v) is 5.70. The Morgan fingerprint density at radius 1 is 1.35 bits per heavy atom. The summed E-state index contributed by atoms with van der Waals surface area (Å²) in [7, 11) is -4.21. The summed E-state index contributed by atoms with van der Waals surface area (Å²) in [5.41, 5.74) is 4.79. The lowest BCUT2D eigenvalue weighted by Crippen LogP contribution is -2.28. The quantitative estimate of drug-likeness (QED) is 0.720. The van der Waals surface area contributed by atoms with Crippen molar-refractivity contribution in [1.82, 2.24) is 19.9 Å². The van der Waals surface area contributed by atoms with Crippen LogP contribution in [0.5, 0.6) is 0 Å². The molecular formula is C10H11F2N5O2S. The first-order valence-corrected chi connectivity index (χ1v) is 6.91. The van der Waals surface area contributed by atoms with E-state index in [9.17, 15) is 17.2 Å². The zero-order valence-electron chi connectivity index (χ0n) is 10.3. The number of benzene rings is 1. The highest BCUT2D eigenvalue weighted by Crippen LogP contribution is 2.22. The monoisotopic (exact) mass is 303 g/mol. The van der Waals surface area contributed by atoms with Gasteiger partial charge in [-0.15, -0.1) is 0 Å². The van der Waals surface area contributed by atoms with Crippen LogP contribution < -0.4 is 10.5 Å². The number of halogens is 2. The van der Waals surface area contributed by atoms with Crippen molar-refractivity contribution >= 4 is 15.7 Å². The van der Waals surface area contributed by atoms with Gasteiger partial charge in [-0.2, -0.15) is 5.10 Å². The Labute approximate surface area is 113 Å². The number of sulfonamides is 1. The van der Waals surface area contributed by atoms with E-state index in [4.69, 9.17) is 5.73 Å². The summed E-state index contributed by atoms with van der Waals surface area (Å²) in [6, 6.07) is 0.372. The van der Waals surface area contributed by atoms with Gasteiger partial charge in [0.15, 0.2) is 0 Å². The Kier molecular flexibility index (Phi) is 3.68. The molecule has 2 aromatic rings. The molecule has 10 heteroatoms. The number of rotatable bonds is 4. The molecule has 0 spiro atoms. The number of nitrogens with zero attached hydrogens (tertiary/aromatic N) is 2. The van der Waals surface area contributed by atoms with Crippen LogP contribution in [0.15, 0.2) is 23.4 Å². The van der Waals surface area contributed by atoms with Gasteiger partial charge in [-0.05, 0) is 13.0 Å². The number of nitrogen functional groups attached to an aromatic ring is 1. The molecule has 7 nitrogen and oxygen atoms in total. The molecule has 2 rings (SSSR count). The number of aromatic amines is 1. The number of hydrogen-bond donors (Lipinski definition) is 3. The minimum atomic E-state index is -4.21. The summed E-state index contributed by atoms with van der Waals surface area (Å²) in [5.74, 6) is -2.00. The molecule has 1 aromatic heterocycles. The molecular weight excluding hydrogens is 292 g/mol. The average molecular weight is 303 g/mol. The van der Waals surface area contributed by atoms with Crippen LogP contribution >= 0.6 is 0 Å². The highest BCUT2D eigenvalue weighted by Gasteiger charge is 2.24. The van der Waals surface area contributed by atoms with E-state index in [2.05, 4.69) is 19.9 Å². The highest BCUT2D eigenvalue weighted by molar-refractivity contribution is 7.89. The second kappa shape index (κ2) is 5.13. The Morgan fingerprint density at radius 3 is 2.65 bits per heavy atom. The van der Waals surface area contributed by atoms with Crippen molar-refractivity contribution in [3.05, 3.63) is 35.9 Å². The lowest BCUT2D eigenvalue weighted by molar-refractivity contribution is 0.534. The molecule has 0 radical (unpaired) electrons. The Hall–Kier alpha value is -2.07. The molecule has 1 atom stereocenters. The van der Waals surface area contributed by atoms with Gasteiger partial charge in [0.2, 0.25) is 10.0 Å². The molecule has 0 saturated carbocycles. The summed E-state index contributed by atoms with van der Waals surface area (Å²) < 4.78 is 52.8. The molecule has 20 heavy (non-hydrogen) atoms. The number of aromatic nitrogens is 3. The third kappa shape index (κ3) is 2.75. The number of H-pyrrole nitrogens is 1. The SMILES string of the molecule is CC(NS(=O)(=O)c1cc(N)c(F)cc1F)c1ncn[nH]1. The van der Waals surface area contributed by atoms with Crippen molar-refractivity contribution in [3.8, 4) is 0 Å². The average Bonchev–Trinajstić information content (AvgIpc) is 2.86. The zero-order chi connectivity index (χ0) is 14.9. The Balaban J connectivity index is 2.34. The van der Waals surface area contributed by atoms with E-state index in [0.717, 1.165) is 6.07 Å². The van der Waals surface area contributed by atoms with Gasteiger partial charge in [0.05, 0.1) is 11.7 Å². The number of anilines is 1. The molecule has 1 aromatic carbocycles. The first-order valence-electron chi connectivity index (χ1n) is 5.43. The molecule has 1 heterocycles. The lowest BCUT2D eigenvalue weighted by atomic mass is 10.3. The molecule has 0 amide bonds. The molecule has 0 aliphatic carbocycles. The van der Waals surface area contributed by atoms with E-state index < -0.39 is 38.3 Å². The lowest BCUT2D eigenvalue weighted by Gasteiger charge is -2.12. The van der Waals surface area contributed by atoms with Crippen molar-refractivity contribution in [2.75, 3.05) is 5.73 Å². The van der Waals surface area contributed by atoms with Gasteiger partial charge in [-0.1, -0.05) is 0 Å². The van der Waals surface area contributed by atoms with E-state index in [0.29, 0.717) is 6.07 Å². The fourth-order valence-corrected chi connectivity index (χ4v) is 2.83. The van der Waals surface area contributed by atoms with Crippen LogP contribution in [-0.4, -0.2) is 23.6 Å². The van der Waals surface area contributed by atoms with Gasteiger partial charge in [0.25, 0.3) is 0 Å². The van der Waals surface area contributed by atoms with Crippen molar-refractivity contribution in [2.24, 2.45) is 0 Å². The Bertz CT molecular complexity index is 717. The van der Waals surface area contributed by atoms with Crippen LogP contribution in [0.25, 0.3) is 0 Å². The van der Waals surface area contributed by atoms with Crippen molar-refractivity contribution in [2.45, 2.75) is 17.9 Å². The molecule has 1 unspecified atom stereocenters. The summed E-state index contributed by atoms with van der Waals surface area (Å²) >= 11 is 0. The molecule has 0 aliphatic rings. The minimum Gasteiger partial charge on any atom is -0.396 e. The molecule has 0 bridgehead atoms. The summed E-state index contributed by atoms with van der Waals surface area (Å²) in [6.45, 7) is 1.49. The predicted octanol–water partition coefficient (Wildman–Crippen LogP) is 0.705. The summed E-state index contributed by atoms with van der Waals surface area (Å²) in [6.07, 6.45) is 1.20. The van der Waals surface area contributed by atoms with E-state index >= 15 is 0 Å². The third-order valence-electron chi connectivity index (χ3n) is 2.52. The fraction of sp³-hybridized carbons (Fsp3) is 0.200. The summed E-state index contributed by atoms with van der Waals surface area (Å²) in [4.78, 5) is 3.04. The van der Waals surface area contributed by atoms with Crippen molar-refractivity contribution in [1.29, 1.82) is 0 Å². The largest absolute Gasteiger partial charge is 0.396 e. The van der Waals surface area contributed by atoms with Crippen LogP contribution in [0.1, 0.15) is 18.8 Å². The van der Waals surface area contributed by atoms with Gasteiger partial charge >= 0.3 is 0 Å². The second-order valence-electron chi connectivity index (χ2n) is 4.02. The number of hydrogen-bond acceptors (Lipinski definition) is 5. The van der Waals surface area contributed by atoms with E-state index in [1.807, 2.05) is 0 Å². The maximum atomic E-state index is 13.6. The Morgan fingerprint density at radius 2 is 2.05 bits per heavy atom. The van der Waals surface area contributed by atoms with Gasteiger partial charge in [-0.3, -0.25) is 5.10 Å². The van der Waals surface area contributed by atoms with Crippen LogP contribution in [0.3, 0.4) is 0 Å². The fourth-order valence-electron chi connectivity index (χ4n) is 1.53.